The standard InChI is InChI=1S/C19H19BrCl2N2O3/c1-27-18(26)11-23-19(13-4-2-3-5-15(13)22)14-10-12(20)6-7-16(14)24-17(25)8-9-21/h2-7,10,19,23H,8-9,11H2,1H3,(H,24,25). The lowest BCUT2D eigenvalue weighted by molar-refractivity contribution is -0.139. The van der Waals surface area contributed by atoms with Gasteiger partial charge in [-0.2, -0.15) is 0 Å². The van der Waals surface area contributed by atoms with Gasteiger partial charge in [-0.15, -0.1) is 11.6 Å². The molecule has 0 saturated carbocycles. The molecule has 0 aliphatic carbocycles. The van der Waals surface area contributed by atoms with E-state index in [0.29, 0.717) is 10.7 Å². The highest BCUT2D eigenvalue weighted by Gasteiger charge is 2.22. The molecule has 2 aromatic carbocycles. The molecule has 27 heavy (non-hydrogen) atoms. The number of rotatable bonds is 8. The summed E-state index contributed by atoms with van der Waals surface area (Å²) in [6.45, 7) is -0.0199. The fourth-order valence-electron chi connectivity index (χ4n) is 2.54. The molecule has 2 aromatic rings. The number of anilines is 1. The molecule has 0 aromatic heterocycles. The molecular weight excluding hydrogens is 455 g/mol. The number of benzene rings is 2. The monoisotopic (exact) mass is 472 g/mol. The Morgan fingerprint density at radius 2 is 1.93 bits per heavy atom. The van der Waals surface area contributed by atoms with Gasteiger partial charge in [0.1, 0.15) is 0 Å². The summed E-state index contributed by atoms with van der Waals surface area (Å²) in [6, 6.07) is 12.4. The van der Waals surface area contributed by atoms with Crippen LogP contribution in [0.4, 0.5) is 5.69 Å². The third-order valence-electron chi connectivity index (χ3n) is 3.81. The molecule has 0 saturated heterocycles. The zero-order valence-electron chi connectivity index (χ0n) is 14.6. The molecule has 0 aliphatic heterocycles. The zero-order chi connectivity index (χ0) is 19.8. The van der Waals surface area contributed by atoms with Gasteiger partial charge in [-0.25, -0.2) is 0 Å². The lowest BCUT2D eigenvalue weighted by Crippen LogP contribution is -2.30. The summed E-state index contributed by atoms with van der Waals surface area (Å²) >= 11 is 15.5. The highest BCUT2D eigenvalue weighted by Crippen LogP contribution is 2.34. The Labute approximate surface area is 176 Å². The maximum absolute atomic E-state index is 12.1. The quantitative estimate of drug-likeness (QED) is 0.436. The fraction of sp³-hybridized carbons (Fsp3) is 0.263. The van der Waals surface area contributed by atoms with Gasteiger partial charge >= 0.3 is 5.97 Å². The lowest BCUT2D eigenvalue weighted by atomic mass is 9.96. The van der Waals surface area contributed by atoms with Crippen LogP contribution in [0.2, 0.25) is 5.02 Å². The number of halogens is 3. The van der Waals surface area contributed by atoms with Gasteiger partial charge in [0.25, 0.3) is 0 Å². The van der Waals surface area contributed by atoms with E-state index in [2.05, 4.69) is 26.6 Å². The molecule has 1 atom stereocenters. The van der Waals surface area contributed by atoms with E-state index in [1.54, 1.807) is 12.1 Å². The molecule has 0 spiro atoms. The van der Waals surface area contributed by atoms with Gasteiger partial charge in [-0.05, 0) is 35.4 Å². The molecular formula is C19H19BrCl2N2O3. The Kier molecular flexibility index (Phi) is 8.57. The van der Waals surface area contributed by atoms with Crippen molar-refractivity contribution in [3.63, 3.8) is 0 Å². The minimum atomic E-state index is -0.443. The van der Waals surface area contributed by atoms with E-state index < -0.39 is 12.0 Å². The average molecular weight is 474 g/mol. The van der Waals surface area contributed by atoms with Gasteiger partial charge in [0.05, 0.1) is 19.7 Å². The molecule has 0 radical (unpaired) electrons. The molecule has 0 aliphatic rings. The SMILES string of the molecule is COC(=O)CNC(c1ccccc1Cl)c1cc(Br)ccc1NC(=O)CCCl. The molecule has 8 heteroatoms. The smallest absolute Gasteiger partial charge is 0.319 e. The second-order valence-electron chi connectivity index (χ2n) is 5.63. The number of esters is 1. The predicted molar refractivity (Wildman–Crippen MR) is 111 cm³/mol. The number of alkyl halides is 1. The molecule has 144 valence electrons. The van der Waals surface area contributed by atoms with Gasteiger partial charge in [-0.3, -0.25) is 14.9 Å². The van der Waals surface area contributed by atoms with Gasteiger partial charge in [0.2, 0.25) is 5.91 Å². The number of carbonyl (C=O) groups is 2. The van der Waals surface area contributed by atoms with Crippen molar-refractivity contribution in [3.05, 3.63) is 63.1 Å². The van der Waals surface area contributed by atoms with Gasteiger partial charge in [-0.1, -0.05) is 45.7 Å². The third kappa shape index (κ3) is 6.21. The van der Waals surface area contributed by atoms with E-state index >= 15 is 0 Å². The summed E-state index contributed by atoms with van der Waals surface area (Å²) < 4.78 is 5.55. The number of hydrogen-bond donors (Lipinski definition) is 2. The van der Waals surface area contributed by atoms with Crippen LogP contribution in [0.3, 0.4) is 0 Å². The summed E-state index contributed by atoms with van der Waals surface area (Å²) in [5, 5.41) is 6.57. The topological polar surface area (TPSA) is 67.4 Å². The van der Waals surface area contributed by atoms with Crippen molar-refractivity contribution < 1.29 is 14.3 Å². The Morgan fingerprint density at radius 1 is 1.19 bits per heavy atom. The van der Waals surface area contributed by atoms with Crippen molar-refractivity contribution in [1.82, 2.24) is 5.32 Å². The predicted octanol–water partition coefficient (Wildman–Crippen LogP) is 4.52. The van der Waals surface area contributed by atoms with Gasteiger partial charge in [0.15, 0.2) is 0 Å². The first-order chi connectivity index (χ1) is 13.0. The zero-order valence-corrected chi connectivity index (χ0v) is 17.7. The summed E-state index contributed by atoms with van der Waals surface area (Å²) in [5.74, 6) is -0.374. The normalized spacial score (nSPS) is 11.7. The number of hydrogen-bond acceptors (Lipinski definition) is 4. The molecule has 0 fully saturated rings. The van der Waals surface area contributed by atoms with Crippen LogP contribution in [0.1, 0.15) is 23.6 Å². The molecule has 2 N–H and O–H groups in total. The largest absolute Gasteiger partial charge is 0.468 e. The van der Waals surface area contributed by atoms with Crippen molar-refractivity contribution in [3.8, 4) is 0 Å². The van der Waals surface area contributed by atoms with Crippen LogP contribution in [0.5, 0.6) is 0 Å². The molecule has 0 bridgehead atoms. The first kappa shape index (κ1) is 21.7. The second kappa shape index (κ2) is 10.7. The van der Waals surface area contributed by atoms with E-state index in [0.717, 1.165) is 15.6 Å². The lowest BCUT2D eigenvalue weighted by Gasteiger charge is -2.23. The fourth-order valence-corrected chi connectivity index (χ4v) is 3.33. The van der Waals surface area contributed by atoms with Crippen LogP contribution in [0.15, 0.2) is 46.9 Å². The first-order valence-corrected chi connectivity index (χ1v) is 9.86. The van der Waals surface area contributed by atoms with Crippen molar-refractivity contribution in [2.75, 3.05) is 24.9 Å². The van der Waals surface area contributed by atoms with Gasteiger partial charge < -0.3 is 10.1 Å². The number of carbonyl (C=O) groups excluding carboxylic acids is 2. The highest BCUT2D eigenvalue weighted by atomic mass is 79.9. The average Bonchev–Trinajstić information content (AvgIpc) is 2.65. The van der Waals surface area contributed by atoms with E-state index in [4.69, 9.17) is 27.9 Å². The summed E-state index contributed by atoms with van der Waals surface area (Å²) in [7, 11) is 1.32. The number of nitrogens with one attached hydrogen (secondary N) is 2. The third-order valence-corrected chi connectivity index (χ3v) is 4.84. The number of ether oxygens (including phenoxy) is 1. The van der Waals surface area contributed by atoms with E-state index in [1.165, 1.54) is 7.11 Å². The van der Waals surface area contributed by atoms with Crippen LogP contribution in [0.25, 0.3) is 0 Å². The highest BCUT2D eigenvalue weighted by molar-refractivity contribution is 9.10. The minimum absolute atomic E-state index is 0.0199. The number of amides is 1. The van der Waals surface area contributed by atoms with Crippen molar-refractivity contribution in [2.24, 2.45) is 0 Å². The van der Waals surface area contributed by atoms with E-state index in [1.807, 2.05) is 30.3 Å². The molecule has 0 heterocycles. The summed E-state index contributed by atoms with van der Waals surface area (Å²) in [6.07, 6.45) is 0.198. The van der Waals surface area contributed by atoms with Crippen LogP contribution in [0, 0.1) is 0 Å². The molecule has 2 rings (SSSR count). The molecule has 1 unspecified atom stereocenters. The maximum Gasteiger partial charge on any atom is 0.319 e. The van der Waals surface area contributed by atoms with Crippen LogP contribution >= 0.6 is 39.1 Å². The van der Waals surface area contributed by atoms with Crippen molar-refractivity contribution in [2.45, 2.75) is 12.5 Å². The Bertz CT molecular complexity index is 817. The van der Waals surface area contributed by atoms with Crippen LogP contribution < -0.4 is 10.6 Å². The Morgan fingerprint density at radius 3 is 2.59 bits per heavy atom. The first-order valence-electron chi connectivity index (χ1n) is 8.16. The Hall–Kier alpha value is -1.60. The maximum atomic E-state index is 12.1. The van der Waals surface area contributed by atoms with Crippen molar-refractivity contribution in [1.29, 1.82) is 0 Å². The van der Waals surface area contributed by atoms with Gasteiger partial charge in [0, 0.05) is 27.5 Å². The Balaban J connectivity index is 2.47. The minimum Gasteiger partial charge on any atom is -0.468 e. The summed E-state index contributed by atoms with van der Waals surface area (Å²) in [5.41, 5.74) is 2.13. The molecule has 1 amide bonds. The van der Waals surface area contributed by atoms with Crippen LogP contribution in [-0.4, -0.2) is 31.4 Å². The van der Waals surface area contributed by atoms with Crippen molar-refractivity contribution >= 4 is 56.7 Å². The number of methoxy groups -OCH3 is 1. The van der Waals surface area contributed by atoms with E-state index in [9.17, 15) is 9.59 Å². The summed E-state index contributed by atoms with van der Waals surface area (Å²) in [4.78, 5) is 23.7. The molecule has 5 nitrogen and oxygen atoms in total. The van der Waals surface area contributed by atoms with E-state index in [-0.39, 0.29) is 24.8 Å². The second-order valence-corrected chi connectivity index (χ2v) is 7.33. The van der Waals surface area contributed by atoms with Crippen LogP contribution in [-0.2, 0) is 14.3 Å².